The van der Waals surface area contributed by atoms with Gasteiger partial charge in [0, 0.05) is 43.0 Å². The van der Waals surface area contributed by atoms with Crippen LogP contribution < -0.4 is 4.74 Å². The van der Waals surface area contributed by atoms with Crippen molar-refractivity contribution in [2.24, 2.45) is 7.05 Å². The minimum Gasteiger partial charge on any atom is -0.493 e. The third kappa shape index (κ3) is 4.76. The van der Waals surface area contributed by atoms with Gasteiger partial charge in [-0.15, -0.1) is 0 Å². The molecule has 0 spiro atoms. The number of imidazole rings is 1. The summed E-state index contributed by atoms with van der Waals surface area (Å²) in [4.78, 5) is 6.51. The first-order valence-electron chi connectivity index (χ1n) is 7.08. The van der Waals surface area contributed by atoms with Crippen LogP contribution in [0.1, 0.15) is 17.8 Å². The molecule has 0 fully saturated rings. The molecule has 0 saturated heterocycles. The Morgan fingerprint density at radius 3 is 2.81 bits per heavy atom. The molecule has 1 aromatic heterocycles. The van der Waals surface area contributed by atoms with E-state index in [1.54, 1.807) is 0 Å². The van der Waals surface area contributed by atoms with Gasteiger partial charge in [0.15, 0.2) is 0 Å². The van der Waals surface area contributed by atoms with Crippen LogP contribution in [0.3, 0.4) is 0 Å². The predicted octanol–water partition coefficient (Wildman–Crippen LogP) is 2.99. The van der Waals surface area contributed by atoms with Gasteiger partial charge in [0.25, 0.3) is 0 Å². The lowest BCUT2D eigenvalue weighted by atomic mass is 10.1. The number of hydrogen-bond donors (Lipinski definition) is 0. The fraction of sp³-hybridized carbons (Fsp3) is 0.438. The molecule has 0 bridgehead atoms. The van der Waals surface area contributed by atoms with E-state index in [0.29, 0.717) is 11.6 Å². The first kappa shape index (κ1) is 15.9. The highest BCUT2D eigenvalue weighted by Gasteiger charge is 2.09. The zero-order chi connectivity index (χ0) is 15.2. The van der Waals surface area contributed by atoms with Gasteiger partial charge in [-0.3, -0.25) is 0 Å². The van der Waals surface area contributed by atoms with Gasteiger partial charge in [0.1, 0.15) is 11.6 Å². The molecule has 0 saturated carbocycles. The van der Waals surface area contributed by atoms with Gasteiger partial charge < -0.3 is 14.2 Å². The lowest BCUT2D eigenvalue weighted by Crippen LogP contribution is -2.15. The fourth-order valence-electron chi connectivity index (χ4n) is 2.11. The molecule has 2 aromatic rings. The quantitative estimate of drug-likeness (QED) is 0.737. The number of aryl methyl sites for hydroxylation is 1. The van der Waals surface area contributed by atoms with E-state index in [-0.39, 0.29) is 0 Å². The highest BCUT2D eigenvalue weighted by Crippen LogP contribution is 2.25. The van der Waals surface area contributed by atoms with Crippen molar-refractivity contribution in [3.05, 3.63) is 47.0 Å². The number of benzene rings is 1. The van der Waals surface area contributed by atoms with Crippen molar-refractivity contribution in [3.8, 4) is 5.75 Å². The highest BCUT2D eigenvalue weighted by atomic mass is 35.5. The van der Waals surface area contributed by atoms with Crippen molar-refractivity contribution in [2.75, 3.05) is 27.2 Å². The molecule has 21 heavy (non-hydrogen) atoms. The van der Waals surface area contributed by atoms with E-state index in [1.807, 2.05) is 42.2 Å². The molecule has 0 amide bonds. The number of aromatic nitrogens is 2. The summed E-state index contributed by atoms with van der Waals surface area (Å²) in [5.41, 5.74) is 1.11. The number of halogens is 1. The monoisotopic (exact) mass is 307 g/mol. The Morgan fingerprint density at radius 2 is 2.14 bits per heavy atom. The van der Waals surface area contributed by atoms with Gasteiger partial charge >= 0.3 is 0 Å². The molecule has 0 atom stereocenters. The Labute approximate surface area is 131 Å². The number of ether oxygens (including phenoxy) is 1. The molecule has 1 heterocycles. The third-order valence-electron chi connectivity index (χ3n) is 3.31. The molecule has 0 aliphatic carbocycles. The average molecular weight is 308 g/mol. The Kier molecular flexibility index (Phi) is 5.65. The molecule has 1 aromatic carbocycles. The van der Waals surface area contributed by atoms with E-state index in [2.05, 4.69) is 24.0 Å². The van der Waals surface area contributed by atoms with Crippen molar-refractivity contribution in [1.82, 2.24) is 14.5 Å². The van der Waals surface area contributed by atoms with E-state index in [9.17, 15) is 0 Å². The summed E-state index contributed by atoms with van der Waals surface area (Å²) in [5.74, 6) is 1.86. The van der Waals surface area contributed by atoms with Crippen LogP contribution in [-0.4, -0.2) is 41.7 Å². The number of hydrogen-bond acceptors (Lipinski definition) is 3. The Bertz CT molecular complexity index is 581. The molecule has 0 aliphatic rings. The van der Waals surface area contributed by atoms with E-state index in [0.717, 1.165) is 36.5 Å². The summed E-state index contributed by atoms with van der Waals surface area (Å²) in [6.07, 6.45) is 5.48. The largest absolute Gasteiger partial charge is 0.493 e. The minimum absolute atomic E-state index is 0.687. The number of rotatable bonds is 7. The molecule has 0 unspecified atom stereocenters. The third-order valence-corrected chi connectivity index (χ3v) is 3.54. The average Bonchev–Trinajstić information content (AvgIpc) is 2.83. The normalized spacial score (nSPS) is 11.1. The lowest BCUT2D eigenvalue weighted by Gasteiger charge is -2.14. The molecule has 0 aliphatic heterocycles. The van der Waals surface area contributed by atoms with Crippen LogP contribution in [0.5, 0.6) is 5.75 Å². The highest BCUT2D eigenvalue weighted by molar-refractivity contribution is 6.30. The maximum absolute atomic E-state index is 6.08. The maximum Gasteiger partial charge on any atom is 0.124 e. The molecule has 5 heteroatoms. The van der Waals surface area contributed by atoms with Crippen molar-refractivity contribution < 1.29 is 4.74 Å². The van der Waals surface area contributed by atoms with Crippen molar-refractivity contribution in [1.29, 1.82) is 0 Å². The first-order valence-corrected chi connectivity index (χ1v) is 7.46. The zero-order valence-corrected chi connectivity index (χ0v) is 13.6. The molecule has 114 valence electrons. The molecular formula is C16H22ClN3O. The summed E-state index contributed by atoms with van der Waals surface area (Å²) >= 11 is 6.08. The maximum atomic E-state index is 6.08. The van der Waals surface area contributed by atoms with Gasteiger partial charge in [-0.05, 0) is 32.6 Å². The van der Waals surface area contributed by atoms with Gasteiger partial charge in [-0.1, -0.05) is 17.7 Å². The first-order chi connectivity index (χ1) is 10.1. The van der Waals surface area contributed by atoms with Gasteiger partial charge in [-0.2, -0.15) is 0 Å². The summed E-state index contributed by atoms with van der Waals surface area (Å²) in [7, 11) is 6.12. The lowest BCUT2D eigenvalue weighted by molar-refractivity contribution is 0.279. The van der Waals surface area contributed by atoms with Crippen LogP contribution in [0.2, 0.25) is 5.02 Å². The second kappa shape index (κ2) is 7.48. The van der Waals surface area contributed by atoms with Crippen molar-refractivity contribution in [3.63, 3.8) is 0 Å². The minimum atomic E-state index is 0.687. The smallest absolute Gasteiger partial charge is 0.124 e. The Hall–Kier alpha value is -1.52. The van der Waals surface area contributed by atoms with E-state index >= 15 is 0 Å². The van der Waals surface area contributed by atoms with Crippen molar-refractivity contribution >= 4 is 11.6 Å². The second-order valence-electron chi connectivity index (χ2n) is 5.39. The molecule has 4 nitrogen and oxygen atoms in total. The van der Waals surface area contributed by atoms with Gasteiger partial charge in [0.05, 0.1) is 6.61 Å². The Balaban J connectivity index is 2.05. The van der Waals surface area contributed by atoms with E-state index in [1.165, 1.54) is 0 Å². The van der Waals surface area contributed by atoms with Gasteiger partial charge in [-0.25, -0.2) is 4.98 Å². The van der Waals surface area contributed by atoms with E-state index in [4.69, 9.17) is 16.3 Å². The van der Waals surface area contributed by atoms with Crippen LogP contribution in [0, 0.1) is 0 Å². The van der Waals surface area contributed by atoms with Crippen LogP contribution in [0.25, 0.3) is 0 Å². The molecular weight excluding hydrogens is 286 g/mol. The number of nitrogens with zero attached hydrogens (tertiary/aromatic N) is 3. The summed E-state index contributed by atoms with van der Waals surface area (Å²) in [5, 5.41) is 0.696. The van der Waals surface area contributed by atoms with Crippen LogP contribution >= 0.6 is 11.6 Å². The van der Waals surface area contributed by atoms with Crippen LogP contribution in [-0.2, 0) is 13.5 Å². The predicted molar refractivity (Wildman–Crippen MR) is 86.1 cm³/mol. The Morgan fingerprint density at radius 1 is 1.33 bits per heavy atom. The van der Waals surface area contributed by atoms with Crippen LogP contribution in [0.4, 0.5) is 0 Å². The standard InChI is InChI=1S/C16H22ClN3O/c1-19(2)8-4-10-21-15-12-14(17)6-5-13(15)11-16-18-7-9-20(16)3/h5-7,9,12H,4,8,10-11H2,1-3H3. The molecule has 0 radical (unpaired) electrons. The fourth-order valence-corrected chi connectivity index (χ4v) is 2.27. The van der Waals surface area contributed by atoms with Crippen molar-refractivity contribution in [2.45, 2.75) is 12.8 Å². The molecule has 0 N–H and O–H groups in total. The van der Waals surface area contributed by atoms with E-state index < -0.39 is 0 Å². The molecule has 2 rings (SSSR count). The SMILES string of the molecule is CN(C)CCCOc1cc(Cl)ccc1Cc1nccn1C. The van der Waals surface area contributed by atoms with Crippen LogP contribution in [0.15, 0.2) is 30.6 Å². The summed E-state index contributed by atoms with van der Waals surface area (Å²) in [6, 6.07) is 5.79. The summed E-state index contributed by atoms with van der Waals surface area (Å²) in [6.45, 7) is 1.70. The zero-order valence-electron chi connectivity index (χ0n) is 12.8. The summed E-state index contributed by atoms with van der Waals surface area (Å²) < 4.78 is 7.93. The topological polar surface area (TPSA) is 30.3 Å². The second-order valence-corrected chi connectivity index (χ2v) is 5.82. The van der Waals surface area contributed by atoms with Gasteiger partial charge in [0.2, 0.25) is 0 Å².